The molecule has 1 aromatic heterocycles. The molecule has 0 amide bonds. The summed E-state index contributed by atoms with van der Waals surface area (Å²) in [5, 5.41) is 10.0. The fourth-order valence-electron chi connectivity index (χ4n) is 1.48. The summed E-state index contributed by atoms with van der Waals surface area (Å²) in [5.74, 6) is -0.00885. The minimum atomic E-state index is -2.89. The zero-order valence-electron chi connectivity index (χ0n) is 9.20. The lowest BCUT2D eigenvalue weighted by atomic mass is 10.1. The second kappa shape index (κ2) is 5.50. The maximum Gasteiger partial charge on any atom is 0.387 e. The Morgan fingerprint density at radius 3 is 2.72 bits per heavy atom. The van der Waals surface area contributed by atoms with Crippen molar-refractivity contribution in [2.75, 3.05) is 0 Å². The van der Waals surface area contributed by atoms with Crippen LogP contribution in [0.1, 0.15) is 17.4 Å². The molecule has 1 unspecified atom stereocenters. The van der Waals surface area contributed by atoms with E-state index in [2.05, 4.69) is 14.7 Å². The summed E-state index contributed by atoms with van der Waals surface area (Å²) in [6.07, 6.45) is 3.30. The number of hydrogen-bond acceptors (Lipinski definition) is 4. The molecule has 6 heteroatoms. The molecule has 0 saturated heterocycles. The molecular formula is C12H10F2N2O2. The lowest BCUT2D eigenvalue weighted by molar-refractivity contribution is -0.0499. The van der Waals surface area contributed by atoms with Crippen LogP contribution < -0.4 is 4.74 Å². The van der Waals surface area contributed by atoms with Gasteiger partial charge < -0.3 is 9.84 Å². The van der Waals surface area contributed by atoms with E-state index >= 15 is 0 Å². The Labute approximate surface area is 102 Å². The van der Waals surface area contributed by atoms with Crippen LogP contribution in [0.3, 0.4) is 0 Å². The third-order valence-corrected chi connectivity index (χ3v) is 2.26. The highest BCUT2D eigenvalue weighted by molar-refractivity contribution is 5.32. The monoisotopic (exact) mass is 252 g/mol. The smallest absolute Gasteiger partial charge is 0.387 e. The minimum Gasteiger partial charge on any atom is -0.435 e. The fourth-order valence-corrected chi connectivity index (χ4v) is 1.48. The Balaban J connectivity index is 2.23. The summed E-state index contributed by atoms with van der Waals surface area (Å²) < 4.78 is 28.4. The van der Waals surface area contributed by atoms with E-state index in [9.17, 15) is 13.9 Å². The van der Waals surface area contributed by atoms with E-state index in [1.54, 1.807) is 6.07 Å². The van der Waals surface area contributed by atoms with Gasteiger partial charge in [0.05, 0.1) is 11.9 Å². The first-order valence-electron chi connectivity index (χ1n) is 5.15. The summed E-state index contributed by atoms with van der Waals surface area (Å²) in [5.41, 5.74) is 0.750. The third-order valence-electron chi connectivity index (χ3n) is 2.26. The molecule has 0 spiro atoms. The number of alkyl halides is 2. The molecular weight excluding hydrogens is 242 g/mol. The van der Waals surface area contributed by atoms with Gasteiger partial charge in [-0.25, -0.2) is 0 Å². The summed E-state index contributed by atoms with van der Waals surface area (Å²) in [4.78, 5) is 7.77. The van der Waals surface area contributed by atoms with Crippen molar-refractivity contribution >= 4 is 0 Å². The van der Waals surface area contributed by atoms with E-state index in [0.29, 0.717) is 11.3 Å². The average Bonchev–Trinajstić information content (AvgIpc) is 2.38. The van der Waals surface area contributed by atoms with Gasteiger partial charge in [0.2, 0.25) is 0 Å². The van der Waals surface area contributed by atoms with Crippen molar-refractivity contribution in [3.63, 3.8) is 0 Å². The van der Waals surface area contributed by atoms with Crippen LogP contribution in [-0.2, 0) is 0 Å². The van der Waals surface area contributed by atoms with Crippen LogP contribution in [0, 0.1) is 0 Å². The first-order valence-corrected chi connectivity index (χ1v) is 5.15. The van der Waals surface area contributed by atoms with Crippen molar-refractivity contribution in [1.82, 2.24) is 9.97 Å². The lowest BCUT2D eigenvalue weighted by Gasteiger charge is -2.11. The second-order valence-corrected chi connectivity index (χ2v) is 3.48. The number of nitrogens with zero attached hydrogens (tertiary/aromatic N) is 2. The Bertz CT molecular complexity index is 508. The van der Waals surface area contributed by atoms with Crippen LogP contribution in [0.15, 0.2) is 42.9 Å². The largest absolute Gasteiger partial charge is 0.435 e. The Morgan fingerprint density at radius 2 is 2.06 bits per heavy atom. The van der Waals surface area contributed by atoms with Crippen molar-refractivity contribution in [2.24, 2.45) is 0 Å². The van der Waals surface area contributed by atoms with Crippen LogP contribution in [0.2, 0.25) is 0 Å². The molecule has 94 valence electrons. The number of benzene rings is 1. The Morgan fingerprint density at radius 1 is 1.22 bits per heavy atom. The molecule has 0 aliphatic heterocycles. The number of aliphatic hydroxyl groups is 1. The van der Waals surface area contributed by atoms with Crippen molar-refractivity contribution in [1.29, 1.82) is 0 Å². The van der Waals surface area contributed by atoms with E-state index in [4.69, 9.17) is 0 Å². The predicted molar refractivity (Wildman–Crippen MR) is 59.2 cm³/mol. The number of hydrogen-bond donors (Lipinski definition) is 1. The lowest BCUT2D eigenvalue weighted by Crippen LogP contribution is -2.05. The Kier molecular flexibility index (Phi) is 3.78. The van der Waals surface area contributed by atoms with E-state index in [-0.39, 0.29) is 5.75 Å². The maximum atomic E-state index is 12.1. The van der Waals surface area contributed by atoms with Crippen LogP contribution >= 0.6 is 0 Å². The maximum absolute atomic E-state index is 12.1. The Hall–Kier alpha value is -2.08. The molecule has 4 nitrogen and oxygen atoms in total. The van der Waals surface area contributed by atoms with Gasteiger partial charge in [0.1, 0.15) is 11.9 Å². The molecule has 1 atom stereocenters. The van der Waals surface area contributed by atoms with Crippen LogP contribution in [0.25, 0.3) is 0 Å². The molecule has 0 bridgehead atoms. The average molecular weight is 252 g/mol. The van der Waals surface area contributed by atoms with Crippen molar-refractivity contribution in [3.8, 4) is 5.75 Å². The van der Waals surface area contributed by atoms with Gasteiger partial charge >= 0.3 is 6.61 Å². The second-order valence-electron chi connectivity index (χ2n) is 3.48. The molecule has 2 aromatic rings. The summed E-state index contributed by atoms with van der Waals surface area (Å²) in [6.45, 7) is -2.89. The number of rotatable bonds is 4. The van der Waals surface area contributed by atoms with Crippen LogP contribution in [-0.4, -0.2) is 21.7 Å². The topological polar surface area (TPSA) is 55.2 Å². The predicted octanol–water partition coefficient (Wildman–Crippen LogP) is 2.16. The minimum absolute atomic E-state index is 0.00885. The molecule has 1 heterocycles. The number of aliphatic hydroxyl groups excluding tert-OH is 1. The first kappa shape index (κ1) is 12.4. The third kappa shape index (κ3) is 2.98. The van der Waals surface area contributed by atoms with Gasteiger partial charge in [0, 0.05) is 12.4 Å². The molecule has 1 aromatic carbocycles. The highest BCUT2D eigenvalue weighted by Gasteiger charge is 2.13. The van der Waals surface area contributed by atoms with E-state index in [1.165, 1.54) is 36.8 Å². The van der Waals surface area contributed by atoms with Crippen molar-refractivity contribution < 1.29 is 18.6 Å². The van der Waals surface area contributed by atoms with Crippen molar-refractivity contribution in [3.05, 3.63) is 54.1 Å². The van der Waals surface area contributed by atoms with Gasteiger partial charge in [-0.3, -0.25) is 9.97 Å². The number of aromatic nitrogens is 2. The zero-order valence-corrected chi connectivity index (χ0v) is 9.20. The van der Waals surface area contributed by atoms with E-state index in [0.717, 1.165) is 0 Å². The normalized spacial score (nSPS) is 12.4. The summed E-state index contributed by atoms with van der Waals surface area (Å²) in [6, 6.07) is 5.84. The first-order chi connectivity index (χ1) is 8.66. The van der Waals surface area contributed by atoms with Gasteiger partial charge in [-0.1, -0.05) is 12.1 Å². The van der Waals surface area contributed by atoms with E-state index in [1.807, 2.05) is 0 Å². The highest BCUT2D eigenvalue weighted by atomic mass is 19.3. The fraction of sp³-hybridized carbons (Fsp3) is 0.167. The molecule has 0 radical (unpaired) electrons. The van der Waals surface area contributed by atoms with Crippen molar-refractivity contribution in [2.45, 2.75) is 12.7 Å². The SMILES string of the molecule is OC(c1cccc(OC(F)F)c1)c1cnccn1. The molecule has 0 aliphatic rings. The zero-order chi connectivity index (χ0) is 13.0. The van der Waals surface area contributed by atoms with Gasteiger partial charge in [0.25, 0.3) is 0 Å². The van der Waals surface area contributed by atoms with Gasteiger partial charge in [-0.05, 0) is 17.7 Å². The number of halogens is 2. The molecule has 0 fully saturated rings. The quantitative estimate of drug-likeness (QED) is 0.905. The van der Waals surface area contributed by atoms with Crippen LogP contribution in [0.5, 0.6) is 5.75 Å². The summed E-state index contributed by atoms with van der Waals surface area (Å²) >= 11 is 0. The van der Waals surface area contributed by atoms with Crippen LogP contribution in [0.4, 0.5) is 8.78 Å². The molecule has 2 rings (SSSR count). The molecule has 18 heavy (non-hydrogen) atoms. The standard InChI is InChI=1S/C12H10F2N2O2/c13-12(14)18-9-3-1-2-8(6-9)11(17)10-7-15-4-5-16-10/h1-7,11-12,17H. The molecule has 0 saturated carbocycles. The van der Waals surface area contributed by atoms with Gasteiger partial charge in [-0.15, -0.1) is 0 Å². The van der Waals surface area contributed by atoms with Gasteiger partial charge in [0.15, 0.2) is 0 Å². The molecule has 1 N–H and O–H groups in total. The van der Waals surface area contributed by atoms with E-state index < -0.39 is 12.7 Å². The number of ether oxygens (including phenoxy) is 1. The molecule has 0 aliphatic carbocycles. The van der Waals surface area contributed by atoms with Gasteiger partial charge in [-0.2, -0.15) is 8.78 Å². The summed E-state index contributed by atoms with van der Waals surface area (Å²) in [7, 11) is 0. The highest BCUT2D eigenvalue weighted by Crippen LogP contribution is 2.24.